The molecule has 0 spiro atoms. The molecular weight excluding hydrogens is 527 g/mol. The third-order valence-electron chi connectivity index (χ3n) is 7.20. The van der Waals surface area contributed by atoms with Crippen molar-refractivity contribution in [3.8, 4) is 0 Å². The van der Waals surface area contributed by atoms with E-state index in [9.17, 15) is 0 Å². The van der Waals surface area contributed by atoms with Gasteiger partial charge < -0.3 is 5.11 Å². The van der Waals surface area contributed by atoms with Crippen LogP contribution in [0, 0.1) is 0 Å². The molecule has 36 heavy (non-hydrogen) atoms. The van der Waals surface area contributed by atoms with E-state index in [1.165, 1.54) is 60.9 Å². The number of rotatable bonds is 18. The molecule has 0 heterocycles. The first-order valence-corrected chi connectivity index (χ1v) is 18.2. The van der Waals surface area contributed by atoms with Crippen molar-refractivity contribution in [2.24, 2.45) is 0 Å². The Balaban J connectivity index is 1.55. The van der Waals surface area contributed by atoms with Gasteiger partial charge in [0.05, 0.1) is 0 Å². The van der Waals surface area contributed by atoms with Crippen LogP contribution in [0.4, 0.5) is 0 Å². The van der Waals surface area contributed by atoms with Gasteiger partial charge in [-0.2, -0.15) is 0 Å². The fourth-order valence-electron chi connectivity index (χ4n) is 5.14. The number of halogens is 1. The standard InChI is InChI=1S/C32H44BrO2P/c33-36(30-20-10-7-11-21-30,31-22-12-8-13-23-31,32-24-14-9-15-25-32)29-19-6-4-2-1-3-5-17-27-35-28-18-16-26-34/h7-15,20-25,34H,1-6,16-19,26-29H2. The average molecular weight is 572 g/mol. The molecule has 2 nitrogen and oxygen atoms in total. The van der Waals surface area contributed by atoms with Gasteiger partial charge in [-0.1, -0.05) is 0 Å². The Morgan fingerprint density at radius 2 is 0.861 bits per heavy atom. The van der Waals surface area contributed by atoms with E-state index in [1.54, 1.807) is 0 Å². The van der Waals surface area contributed by atoms with Crippen molar-refractivity contribution in [2.45, 2.75) is 64.2 Å². The number of hydrogen-bond donors (Lipinski definition) is 1. The van der Waals surface area contributed by atoms with Gasteiger partial charge >= 0.3 is 203 Å². The van der Waals surface area contributed by atoms with Gasteiger partial charge in [-0.05, 0) is 12.8 Å². The number of benzene rings is 3. The molecule has 0 unspecified atom stereocenters. The van der Waals surface area contributed by atoms with Gasteiger partial charge in [0.25, 0.3) is 0 Å². The Bertz CT molecular complexity index is 866. The zero-order valence-electron chi connectivity index (χ0n) is 21.7. The van der Waals surface area contributed by atoms with Crippen LogP contribution < -0.4 is 15.9 Å². The van der Waals surface area contributed by atoms with Crippen LogP contribution >= 0.6 is 20.8 Å². The summed E-state index contributed by atoms with van der Waals surface area (Å²) in [4.78, 5) is 0. The number of unbranched alkanes of at least 4 members (excludes halogenated alkanes) is 8. The minimum absolute atomic E-state index is 0.271. The Morgan fingerprint density at radius 3 is 1.28 bits per heavy atom. The van der Waals surface area contributed by atoms with E-state index in [-0.39, 0.29) is 6.61 Å². The van der Waals surface area contributed by atoms with Crippen LogP contribution in [0.15, 0.2) is 91.0 Å². The molecule has 4 heteroatoms. The molecule has 0 bridgehead atoms. The van der Waals surface area contributed by atoms with Crippen LogP contribution in [-0.2, 0) is 4.74 Å². The number of ether oxygens (including phenoxy) is 1. The first kappa shape index (κ1) is 29.1. The van der Waals surface area contributed by atoms with E-state index in [0.717, 1.165) is 38.6 Å². The summed E-state index contributed by atoms with van der Waals surface area (Å²) in [5, 5.41) is 10.3. The van der Waals surface area contributed by atoms with Crippen LogP contribution in [-0.4, -0.2) is 31.1 Å². The molecule has 3 aromatic carbocycles. The predicted molar refractivity (Wildman–Crippen MR) is 163 cm³/mol. The van der Waals surface area contributed by atoms with Gasteiger partial charge in [0.2, 0.25) is 0 Å². The molecule has 0 atom stereocenters. The summed E-state index contributed by atoms with van der Waals surface area (Å²) in [5.41, 5.74) is 0. The van der Waals surface area contributed by atoms with Gasteiger partial charge in [-0.25, -0.2) is 0 Å². The second-order valence-electron chi connectivity index (χ2n) is 9.78. The summed E-state index contributed by atoms with van der Waals surface area (Å²) in [6.45, 7) is 1.92. The van der Waals surface area contributed by atoms with Gasteiger partial charge in [-0.15, -0.1) is 0 Å². The Hall–Kier alpha value is -1.51. The summed E-state index contributed by atoms with van der Waals surface area (Å²) in [7, 11) is 0. The maximum absolute atomic E-state index is 8.80. The quantitative estimate of drug-likeness (QED) is 0.125. The molecule has 0 aliphatic carbocycles. The molecule has 196 valence electrons. The molecule has 0 aliphatic heterocycles. The van der Waals surface area contributed by atoms with E-state index in [2.05, 4.69) is 106 Å². The zero-order chi connectivity index (χ0) is 25.4. The molecule has 1 N–H and O–H groups in total. The van der Waals surface area contributed by atoms with Gasteiger partial charge in [0.15, 0.2) is 0 Å². The van der Waals surface area contributed by atoms with E-state index < -0.39 is 5.31 Å². The van der Waals surface area contributed by atoms with Crippen LogP contribution in [0.2, 0.25) is 0 Å². The van der Waals surface area contributed by atoms with Crippen molar-refractivity contribution in [3.05, 3.63) is 91.0 Å². The normalized spacial score (nSPS) is 12.8. The Morgan fingerprint density at radius 1 is 0.500 bits per heavy atom. The van der Waals surface area contributed by atoms with Gasteiger partial charge in [0.1, 0.15) is 0 Å². The topological polar surface area (TPSA) is 29.5 Å². The predicted octanol–water partition coefficient (Wildman–Crippen LogP) is 7.74. The second-order valence-corrected chi connectivity index (χ2v) is 18.8. The molecule has 3 rings (SSSR count). The van der Waals surface area contributed by atoms with Crippen molar-refractivity contribution < 1.29 is 9.84 Å². The Labute approximate surface area is 227 Å². The third kappa shape index (κ3) is 7.75. The monoisotopic (exact) mass is 570 g/mol. The molecule has 0 saturated carbocycles. The van der Waals surface area contributed by atoms with Crippen LogP contribution in [0.5, 0.6) is 0 Å². The SMILES string of the molecule is OCCCCOCCCCCCCCCCP(Br)(c1ccccc1)(c1ccccc1)c1ccccc1. The fraction of sp³-hybridized carbons (Fsp3) is 0.438. The fourth-order valence-corrected chi connectivity index (χ4v) is 12.9. The Kier molecular flexibility index (Phi) is 12.6. The van der Waals surface area contributed by atoms with E-state index in [4.69, 9.17) is 9.84 Å². The summed E-state index contributed by atoms with van der Waals surface area (Å²) in [6.07, 6.45) is 13.1. The minimum atomic E-state index is -2.76. The third-order valence-corrected chi connectivity index (χ3v) is 17.2. The summed E-state index contributed by atoms with van der Waals surface area (Å²) in [6, 6.07) is 33.4. The molecule has 3 aromatic rings. The first-order valence-electron chi connectivity index (χ1n) is 13.8. The first-order chi connectivity index (χ1) is 17.7. The van der Waals surface area contributed by atoms with Gasteiger partial charge in [0, 0.05) is 6.61 Å². The summed E-state index contributed by atoms with van der Waals surface area (Å²) < 4.78 is 5.63. The van der Waals surface area contributed by atoms with Gasteiger partial charge in [-0.3, -0.25) is 0 Å². The summed E-state index contributed by atoms with van der Waals surface area (Å²) in [5.74, 6) is 0. The molecule has 0 saturated heterocycles. The van der Waals surface area contributed by atoms with Crippen molar-refractivity contribution in [3.63, 3.8) is 0 Å². The molecule has 0 amide bonds. The van der Waals surface area contributed by atoms with E-state index in [1.807, 2.05) is 0 Å². The summed E-state index contributed by atoms with van der Waals surface area (Å²) >= 11 is 4.56. The average Bonchev–Trinajstić information content (AvgIpc) is 2.94. The van der Waals surface area contributed by atoms with E-state index >= 15 is 0 Å². The molecule has 0 radical (unpaired) electrons. The molecule has 0 aliphatic rings. The zero-order valence-corrected chi connectivity index (χ0v) is 24.2. The van der Waals surface area contributed by atoms with Crippen LogP contribution in [0.1, 0.15) is 64.2 Å². The molecule has 0 aromatic heterocycles. The van der Waals surface area contributed by atoms with Crippen LogP contribution in [0.3, 0.4) is 0 Å². The number of aliphatic hydroxyl groups excluding tert-OH is 1. The van der Waals surface area contributed by atoms with Crippen LogP contribution in [0.25, 0.3) is 0 Å². The van der Waals surface area contributed by atoms with Crippen molar-refractivity contribution in [1.82, 2.24) is 0 Å². The van der Waals surface area contributed by atoms with E-state index in [0.29, 0.717) is 0 Å². The van der Waals surface area contributed by atoms with Crippen molar-refractivity contribution >= 4 is 36.7 Å². The molecular formula is C32H44BrO2P. The van der Waals surface area contributed by atoms with Crippen molar-refractivity contribution in [1.29, 1.82) is 0 Å². The van der Waals surface area contributed by atoms with Crippen molar-refractivity contribution in [2.75, 3.05) is 26.0 Å². The molecule has 0 fully saturated rings. The maximum atomic E-state index is 8.80. The number of hydrogen-bond acceptors (Lipinski definition) is 2. The second kappa shape index (κ2) is 15.7. The number of aliphatic hydroxyl groups is 1.